The fraction of sp³-hybridized carbons (Fsp3) is 0.267. The second-order valence-electron chi connectivity index (χ2n) is 4.74. The predicted octanol–water partition coefficient (Wildman–Crippen LogP) is 2.11. The summed E-state index contributed by atoms with van der Waals surface area (Å²) in [4.78, 5) is 13.7. The minimum atomic E-state index is -0.706. The molecule has 0 spiro atoms. The highest BCUT2D eigenvalue weighted by molar-refractivity contribution is 5.80. The highest BCUT2D eigenvalue weighted by Gasteiger charge is 2.41. The van der Waals surface area contributed by atoms with E-state index in [4.69, 9.17) is 4.42 Å². The molecule has 4 heteroatoms. The molecule has 19 heavy (non-hydrogen) atoms. The molecule has 98 valence electrons. The Hall–Kier alpha value is -2.07. The first-order chi connectivity index (χ1) is 9.25. The number of carbonyl (C=O) groups excluding carboxylic acids is 1. The van der Waals surface area contributed by atoms with Crippen LogP contribution in [0.2, 0.25) is 0 Å². The molecule has 4 nitrogen and oxygen atoms in total. The van der Waals surface area contributed by atoms with Crippen molar-refractivity contribution >= 4 is 5.91 Å². The Labute approximate surface area is 111 Å². The topological polar surface area (TPSA) is 53.7 Å². The highest BCUT2D eigenvalue weighted by atomic mass is 16.3. The lowest BCUT2D eigenvalue weighted by Gasteiger charge is -2.24. The molecule has 0 bridgehead atoms. The maximum absolute atomic E-state index is 12.0. The van der Waals surface area contributed by atoms with Gasteiger partial charge in [0.05, 0.1) is 18.8 Å². The minimum absolute atomic E-state index is 0.0437. The minimum Gasteiger partial charge on any atom is -0.467 e. The Morgan fingerprint density at radius 1 is 1.21 bits per heavy atom. The van der Waals surface area contributed by atoms with Crippen LogP contribution in [0.5, 0.6) is 0 Å². The zero-order chi connectivity index (χ0) is 13.2. The van der Waals surface area contributed by atoms with Crippen molar-refractivity contribution in [1.29, 1.82) is 0 Å². The van der Waals surface area contributed by atoms with Crippen molar-refractivity contribution in [3.63, 3.8) is 0 Å². The first-order valence-electron chi connectivity index (χ1n) is 6.30. The molecule has 0 unspecified atom stereocenters. The highest BCUT2D eigenvalue weighted by Crippen LogP contribution is 2.34. The number of rotatable bonds is 3. The summed E-state index contributed by atoms with van der Waals surface area (Å²) in [6.45, 7) is 0.488. The van der Waals surface area contributed by atoms with Gasteiger partial charge in [0.25, 0.3) is 0 Å². The number of aliphatic hydroxyl groups is 1. The first-order valence-corrected chi connectivity index (χ1v) is 6.30. The number of hydrogen-bond donors (Lipinski definition) is 1. The Morgan fingerprint density at radius 3 is 2.68 bits per heavy atom. The summed E-state index contributed by atoms with van der Waals surface area (Å²) < 4.78 is 5.35. The van der Waals surface area contributed by atoms with Crippen LogP contribution in [-0.4, -0.2) is 22.0 Å². The van der Waals surface area contributed by atoms with E-state index < -0.39 is 6.10 Å². The van der Waals surface area contributed by atoms with E-state index in [0.717, 1.165) is 5.56 Å². The molecule has 1 saturated heterocycles. The molecular weight excluding hydrogens is 242 g/mol. The van der Waals surface area contributed by atoms with Gasteiger partial charge in [-0.25, -0.2) is 0 Å². The molecule has 0 aliphatic carbocycles. The molecule has 2 atom stereocenters. The van der Waals surface area contributed by atoms with E-state index in [0.29, 0.717) is 12.3 Å². The average molecular weight is 257 g/mol. The van der Waals surface area contributed by atoms with Crippen LogP contribution in [0.25, 0.3) is 0 Å². The van der Waals surface area contributed by atoms with Crippen molar-refractivity contribution in [3.05, 3.63) is 60.1 Å². The predicted molar refractivity (Wildman–Crippen MR) is 69.1 cm³/mol. The fourth-order valence-corrected chi connectivity index (χ4v) is 2.54. The summed E-state index contributed by atoms with van der Waals surface area (Å²) in [5, 5.41) is 10.1. The number of likely N-dealkylation sites (tertiary alicyclic amines) is 1. The number of amides is 1. The van der Waals surface area contributed by atoms with Crippen LogP contribution >= 0.6 is 0 Å². The largest absolute Gasteiger partial charge is 0.467 e. The lowest BCUT2D eigenvalue weighted by atomic mass is 10.1. The summed E-state index contributed by atoms with van der Waals surface area (Å²) in [5.41, 5.74) is 1.04. The van der Waals surface area contributed by atoms with Crippen molar-refractivity contribution in [1.82, 2.24) is 4.90 Å². The van der Waals surface area contributed by atoms with Gasteiger partial charge in [0.1, 0.15) is 11.8 Å². The normalized spacial score (nSPS) is 23.0. The maximum Gasteiger partial charge on any atom is 0.226 e. The molecule has 2 aromatic rings. The van der Waals surface area contributed by atoms with Crippen LogP contribution in [0, 0.1) is 0 Å². The second kappa shape index (κ2) is 4.90. The van der Waals surface area contributed by atoms with Gasteiger partial charge >= 0.3 is 0 Å². The van der Waals surface area contributed by atoms with Crippen LogP contribution in [-0.2, 0) is 11.3 Å². The van der Waals surface area contributed by atoms with E-state index in [9.17, 15) is 9.90 Å². The Morgan fingerprint density at radius 2 is 2.00 bits per heavy atom. The molecular formula is C15H15NO3. The van der Waals surface area contributed by atoms with Gasteiger partial charge in [-0.15, -0.1) is 0 Å². The van der Waals surface area contributed by atoms with Crippen molar-refractivity contribution in [2.75, 3.05) is 0 Å². The van der Waals surface area contributed by atoms with Gasteiger partial charge in [0, 0.05) is 6.54 Å². The monoisotopic (exact) mass is 257 g/mol. The molecule has 1 fully saturated rings. The second-order valence-corrected chi connectivity index (χ2v) is 4.74. The van der Waals surface area contributed by atoms with Crippen molar-refractivity contribution in [3.8, 4) is 0 Å². The summed E-state index contributed by atoms with van der Waals surface area (Å²) in [7, 11) is 0. The molecule has 3 rings (SSSR count). The Balaban J connectivity index is 1.87. The van der Waals surface area contributed by atoms with E-state index in [1.165, 1.54) is 0 Å². The standard InChI is InChI=1S/C15H15NO3/c17-12-9-14(18)16(10-11-5-2-1-3-6-11)15(12)13-7-4-8-19-13/h1-8,12,15,17H,9-10H2/t12-,15-/m0/s1. The number of furan rings is 1. The van der Waals surface area contributed by atoms with Gasteiger partial charge in [-0.1, -0.05) is 30.3 Å². The Bertz CT molecular complexity index is 550. The van der Waals surface area contributed by atoms with E-state index in [-0.39, 0.29) is 18.4 Å². The van der Waals surface area contributed by atoms with Gasteiger partial charge in [-0.05, 0) is 17.7 Å². The lowest BCUT2D eigenvalue weighted by molar-refractivity contribution is -0.129. The van der Waals surface area contributed by atoms with Crippen molar-refractivity contribution < 1.29 is 14.3 Å². The zero-order valence-corrected chi connectivity index (χ0v) is 10.4. The van der Waals surface area contributed by atoms with Gasteiger partial charge in [-0.3, -0.25) is 4.79 Å². The van der Waals surface area contributed by atoms with Gasteiger partial charge in [-0.2, -0.15) is 0 Å². The third-order valence-corrected chi connectivity index (χ3v) is 3.43. The maximum atomic E-state index is 12.0. The molecule has 1 aliphatic heterocycles. The molecule has 1 N–H and O–H groups in total. The van der Waals surface area contributed by atoms with E-state index >= 15 is 0 Å². The van der Waals surface area contributed by atoms with Crippen LogP contribution in [0.15, 0.2) is 53.1 Å². The van der Waals surface area contributed by atoms with Crippen molar-refractivity contribution in [2.24, 2.45) is 0 Å². The molecule has 1 aromatic heterocycles. The number of carbonyl (C=O) groups is 1. The molecule has 2 heterocycles. The lowest BCUT2D eigenvalue weighted by Crippen LogP contribution is -2.29. The average Bonchev–Trinajstić information content (AvgIpc) is 3.00. The van der Waals surface area contributed by atoms with Crippen molar-refractivity contribution in [2.45, 2.75) is 25.1 Å². The van der Waals surface area contributed by atoms with E-state index in [1.54, 1.807) is 23.3 Å². The summed E-state index contributed by atoms with van der Waals surface area (Å²) >= 11 is 0. The third-order valence-electron chi connectivity index (χ3n) is 3.43. The number of benzene rings is 1. The molecule has 1 aliphatic rings. The quantitative estimate of drug-likeness (QED) is 0.916. The molecule has 1 aromatic carbocycles. The third kappa shape index (κ3) is 2.27. The smallest absolute Gasteiger partial charge is 0.226 e. The molecule has 0 saturated carbocycles. The Kier molecular flexibility index (Phi) is 3.09. The van der Waals surface area contributed by atoms with E-state index in [1.807, 2.05) is 30.3 Å². The number of nitrogens with zero attached hydrogens (tertiary/aromatic N) is 1. The molecule has 0 radical (unpaired) electrons. The summed E-state index contributed by atoms with van der Waals surface area (Å²) in [5.74, 6) is 0.590. The van der Waals surface area contributed by atoms with Gasteiger partial charge < -0.3 is 14.4 Å². The van der Waals surface area contributed by atoms with Crippen LogP contribution in [0.1, 0.15) is 23.8 Å². The number of hydrogen-bond acceptors (Lipinski definition) is 3. The van der Waals surface area contributed by atoms with Gasteiger partial charge in [0.15, 0.2) is 0 Å². The van der Waals surface area contributed by atoms with E-state index in [2.05, 4.69) is 0 Å². The number of aliphatic hydroxyl groups excluding tert-OH is 1. The molecule has 1 amide bonds. The fourth-order valence-electron chi connectivity index (χ4n) is 2.54. The van der Waals surface area contributed by atoms with Gasteiger partial charge in [0.2, 0.25) is 5.91 Å². The summed E-state index contributed by atoms with van der Waals surface area (Å²) in [6, 6.07) is 12.9. The SMILES string of the molecule is O=C1C[C@H](O)[C@@H](c2ccco2)N1Cc1ccccc1. The van der Waals surface area contributed by atoms with Crippen LogP contribution in [0.3, 0.4) is 0 Å². The first kappa shape index (κ1) is 12.0. The zero-order valence-electron chi connectivity index (χ0n) is 10.4. The summed E-state index contributed by atoms with van der Waals surface area (Å²) in [6.07, 6.45) is 1.01. The van der Waals surface area contributed by atoms with Crippen LogP contribution in [0.4, 0.5) is 0 Å². The van der Waals surface area contributed by atoms with Crippen LogP contribution < -0.4 is 0 Å².